The van der Waals surface area contributed by atoms with Gasteiger partial charge in [-0.15, -0.1) is 0 Å². The van der Waals surface area contributed by atoms with E-state index in [9.17, 15) is 9.18 Å². The summed E-state index contributed by atoms with van der Waals surface area (Å²) >= 11 is 0. The first-order valence-electron chi connectivity index (χ1n) is 8.48. The molecule has 124 valence electrons. The van der Waals surface area contributed by atoms with Crippen LogP contribution in [0, 0.1) is 11.7 Å². The number of nitrogens with zero attached hydrogens (tertiary/aromatic N) is 1. The van der Waals surface area contributed by atoms with Gasteiger partial charge in [-0.3, -0.25) is 9.78 Å². The maximum atomic E-state index is 13.0. The predicted molar refractivity (Wildman–Crippen MR) is 93.9 cm³/mol. The molecule has 1 heterocycles. The summed E-state index contributed by atoms with van der Waals surface area (Å²) in [6.45, 7) is 5.90. The van der Waals surface area contributed by atoms with Crippen LogP contribution in [0.25, 0.3) is 0 Å². The number of hydrogen-bond donors (Lipinski definition) is 0. The van der Waals surface area contributed by atoms with E-state index in [4.69, 9.17) is 0 Å². The number of aromatic nitrogens is 1. The molecule has 0 spiro atoms. The zero-order valence-electron chi connectivity index (χ0n) is 14.0. The fourth-order valence-electron chi connectivity index (χ4n) is 3.12. The smallest absolute Gasteiger partial charge is 0.160 e. The van der Waals surface area contributed by atoms with Gasteiger partial charge in [0.25, 0.3) is 0 Å². The van der Waals surface area contributed by atoms with Crippen molar-refractivity contribution in [3.05, 3.63) is 76.9 Å². The molecule has 0 aromatic carbocycles. The largest absolute Gasteiger partial charge is 0.295 e. The van der Waals surface area contributed by atoms with Crippen molar-refractivity contribution in [3.63, 3.8) is 0 Å². The summed E-state index contributed by atoms with van der Waals surface area (Å²) in [5.74, 6) is 0.296. The monoisotopic (exact) mass is 323 g/mol. The van der Waals surface area contributed by atoms with Crippen LogP contribution in [0.5, 0.6) is 0 Å². The van der Waals surface area contributed by atoms with Crippen LogP contribution >= 0.6 is 0 Å². The van der Waals surface area contributed by atoms with Crippen LogP contribution in [0.3, 0.4) is 0 Å². The van der Waals surface area contributed by atoms with Gasteiger partial charge in [-0.1, -0.05) is 24.8 Å². The van der Waals surface area contributed by atoms with Gasteiger partial charge in [-0.25, -0.2) is 4.39 Å². The molecule has 24 heavy (non-hydrogen) atoms. The molecule has 2 aliphatic carbocycles. The van der Waals surface area contributed by atoms with Crippen molar-refractivity contribution in [2.75, 3.05) is 0 Å². The normalized spacial score (nSPS) is 18.0. The number of ketones is 1. The first-order valence-corrected chi connectivity index (χ1v) is 8.48. The molecule has 0 radical (unpaired) electrons. The summed E-state index contributed by atoms with van der Waals surface area (Å²) in [6.07, 6.45) is 12.4. The van der Waals surface area contributed by atoms with Crippen LogP contribution in [0.15, 0.2) is 65.4 Å². The number of allylic oxidation sites excluding steroid dienone is 7. The average Bonchev–Trinajstić information content (AvgIpc) is 3.41. The molecule has 3 rings (SSSR count). The quantitative estimate of drug-likeness (QED) is 0.698. The van der Waals surface area contributed by atoms with E-state index in [1.807, 2.05) is 6.08 Å². The second-order valence-corrected chi connectivity index (χ2v) is 6.45. The van der Waals surface area contributed by atoms with Crippen LogP contribution in [0.4, 0.5) is 4.39 Å². The summed E-state index contributed by atoms with van der Waals surface area (Å²) in [5, 5.41) is 0. The highest BCUT2D eigenvalue weighted by Gasteiger charge is 2.29. The molecule has 0 bridgehead atoms. The fourth-order valence-corrected chi connectivity index (χ4v) is 3.12. The Labute approximate surface area is 142 Å². The molecule has 0 unspecified atom stereocenters. The van der Waals surface area contributed by atoms with Gasteiger partial charge < -0.3 is 0 Å². The molecule has 2 aliphatic rings. The number of carbonyl (C=O) groups is 1. The SMILES string of the molecule is C=C(C1=CCCC=C1C(C)=O)/C(=C/Cc1ccc(F)cn1)C1CC1. The summed E-state index contributed by atoms with van der Waals surface area (Å²) in [7, 11) is 0. The van der Waals surface area contributed by atoms with Gasteiger partial charge in [0.05, 0.1) is 6.20 Å². The Balaban J connectivity index is 1.82. The van der Waals surface area contributed by atoms with Crippen LogP contribution in [-0.2, 0) is 11.2 Å². The third kappa shape index (κ3) is 3.78. The van der Waals surface area contributed by atoms with E-state index in [1.165, 1.54) is 17.8 Å². The topological polar surface area (TPSA) is 30.0 Å². The molecule has 0 atom stereocenters. The van der Waals surface area contributed by atoms with Crippen molar-refractivity contribution < 1.29 is 9.18 Å². The Kier molecular flexibility index (Phi) is 4.89. The van der Waals surface area contributed by atoms with E-state index in [-0.39, 0.29) is 11.6 Å². The summed E-state index contributed by atoms with van der Waals surface area (Å²) < 4.78 is 13.0. The number of pyridine rings is 1. The van der Waals surface area contributed by atoms with Gasteiger partial charge >= 0.3 is 0 Å². The highest BCUT2D eigenvalue weighted by molar-refractivity contribution is 5.99. The molecule has 1 fully saturated rings. The van der Waals surface area contributed by atoms with Crippen LogP contribution in [0.2, 0.25) is 0 Å². The van der Waals surface area contributed by atoms with Crippen molar-refractivity contribution in [2.24, 2.45) is 5.92 Å². The van der Waals surface area contributed by atoms with Crippen molar-refractivity contribution in [2.45, 2.75) is 39.0 Å². The maximum absolute atomic E-state index is 13.0. The van der Waals surface area contributed by atoms with E-state index in [0.29, 0.717) is 12.3 Å². The molecule has 0 N–H and O–H groups in total. The number of carbonyl (C=O) groups excluding carboxylic acids is 1. The third-order valence-corrected chi connectivity index (χ3v) is 4.54. The van der Waals surface area contributed by atoms with E-state index in [0.717, 1.165) is 48.1 Å². The van der Waals surface area contributed by atoms with Crippen LogP contribution in [0.1, 0.15) is 38.3 Å². The lowest BCUT2D eigenvalue weighted by atomic mass is 9.85. The summed E-state index contributed by atoms with van der Waals surface area (Å²) in [4.78, 5) is 16.0. The second kappa shape index (κ2) is 7.08. The summed E-state index contributed by atoms with van der Waals surface area (Å²) in [5.41, 5.74) is 4.78. The number of Topliss-reactive ketones (excluding diaryl/α,β-unsaturated/α-hetero) is 1. The Bertz CT molecular complexity index is 749. The number of rotatable bonds is 6. The first-order chi connectivity index (χ1) is 11.6. The molecule has 3 heteroatoms. The zero-order chi connectivity index (χ0) is 17.1. The van der Waals surface area contributed by atoms with E-state index >= 15 is 0 Å². The molecule has 1 aromatic rings. The van der Waals surface area contributed by atoms with Gasteiger partial charge in [0.15, 0.2) is 5.78 Å². The van der Waals surface area contributed by atoms with Gasteiger partial charge in [-0.2, -0.15) is 0 Å². The third-order valence-electron chi connectivity index (χ3n) is 4.54. The van der Waals surface area contributed by atoms with E-state index in [2.05, 4.69) is 23.7 Å². The van der Waals surface area contributed by atoms with Crippen molar-refractivity contribution >= 4 is 5.78 Å². The molecule has 1 aromatic heterocycles. The molecule has 1 saturated carbocycles. The maximum Gasteiger partial charge on any atom is 0.160 e. The van der Waals surface area contributed by atoms with E-state index < -0.39 is 0 Å². The molecular formula is C21H22FNO. The molecule has 0 amide bonds. The van der Waals surface area contributed by atoms with Crippen molar-refractivity contribution in [1.82, 2.24) is 4.98 Å². The minimum absolute atomic E-state index is 0.0949. The van der Waals surface area contributed by atoms with Crippen molar-refractivity contribution in [1.29, 1.82) is 0 Å². The molecule has 0 aliphatic heterocycles. The summed E-state index contributed by atoms with van der Waals surface area (Å²) in [6, 6.07) is 3.14. The molecule has 2 nitrogen and oxygen atoms in total. The lowest BCUT2D eigenvalue weighted by Crippen LogP contribution is -2.08. The Morgan fingerprint density at radius 1 is 1.29 bits per heavy atom. The predicted octanol–water partition coefficient (Wildman–Crippen LogP) is 4.89. The Morgan fingerprint density at radius 3 is 2.58 bits per heavy atom. The Hall–Kier alpha value is -2.29. The van der Waals surface area contributed by atoms with Crippen LogP contribution < -0.4 is 0 Å². The highest BCUT2D eigenvalue weighted by atomic mass is 19.1. The lowest BCUT2D eigenvalue weighted by molar-refractivity contribution is -0.113. The first kappa shape index (κ1) is 16.6. The van der Waals surface area contributed by atoms with Gasteiger partial charge in [0.1, 0.15) is 5.82 Å². The fraction of sp³-hybridized carbons (Fsp3) is 0.333. The van der Waals surface area contributed by atoms with Crippen molar-refractivity contribution in [3.8, 4) is 0 Å². The number of hydrogen-bond acceptors (Lipinski definition) is 2. The average molecular weight is 323 g/mol. The second-order valence-electron chi connectivity index (χ2n) is 6.45. The zero-order valence-corrected chi connectivity index (χ0v) is 14.0. The van der Waals surface area contributed by atoms with E-state index in [1.54, 1.807) is 13.0 Å². The van der Waals surface area contributed by atoms with Gasteiger partial charge in [0.2, 0.25) is 0 Å². The standard InChI is InChI=1S/C21H22FNO/c1-14(20-5-3-4-6-21(20)15(2)24)19(16-7-8-16)12-11-18-10-9-17(22)13-23-18/h5-6,9-10,12-13,16H,1,3-4,7-8,11H2,2H3/b19-12-. The minimum atomic E-state index is -0.321. The molecule has 0 saturated heterocycles. The minimum Gasteiger partial charge on any atom is -0.295 e. The highest BCUT2D eigenvalue weighted by Crippen LogP contribution is 2.43. The van der Waals surface area contributed by atoms with Crippen LogP contribution in [-0.4, -0.2) is 10.8 Å². The van der Waals surface area contributed by atoms with Gasteiger partial charge in [0, 0.05) is 17.7 Å². The Morgan fingerprint density at radius 2 is 2.00 bits per heavy atom. The lowest BCUT2D eigenvalue weighted by Gasteiger charge is -2.19. The number of halogens is 1. The van der Waals surface area contributed by atoms with Gasteiger partial charge in [-0.05, 0) is 67.4 Å². The molecular weight excluding hydrogens is 301 g/mol.